The second-order valence-electron chi connectivity index (χ2n) is 8.05. The first-order chi connectivity index (χ1) is 16.9. The Balaban J connectivity index is 1.77. The van der Waals surface area contributed by atoms with Crippen LogP contribution in [0.15, 0.2) is 59.5 Å². The van der Waals surface area contributed by atoms with Gasteiger partial charge in [0.05, 0.1) is 24.5 Å². The molecule has 0 saturated carbocycles. The van der Waals surface area contributed by atoms with Crippen LogP contribution in [0.1, 0.15) is 24.7 Å². The smallest absolute Gasteiger partial charge is 0.385 e. The lowest BCUT2D eigenvalue weighted by Gasteiger charge is -2.16. The first-order valence-corrected chi connectivity index (χ1v) is 11.4. The molecule has 0 radical (unpaired) electrons. The summed E-state index contributed by atoms with van der Waals surface area (Å²) in [7, 11) is 0. The number of halogens is 5. The third-order valence-corrected chi connectivity index (χ3v) is 5.82. The number of aliphatic hydroxyl groups excluding tert-OH is 2. The zero-order valence-corrected chi connectivity index (χ0v) is 20.2. The minimum absolute atomic E-state index is 0.129. The highest BCUT2D eigenvalue weighted by molar-refractivity contribution is 6.31. The molecule has 0 aliphatic heterocycles. The van der Waals surface area contributed by atoms with E-state index in [1.807, 2.05) is 0 Å². The van der Waals surface area contributed by atoms with Crippen LogP contribution in [0.2, 0.25) is 10.0 Å². The highest BCUT2D eigenvalue weighted by atomic mass is 35.5. The lowest BCUT2D eigenvalue weighted by atomic mass is 10.1. The highest BCUT2D eigenvalue weighted by Crippen LogP contribution is 2.26. The molecule has 190 valence electrons. The molecule has 2 aromatic carbocycles. The fraction of sp³-hybridized carbons (Fsp3) is 0.261. The zero-order valence-electron chi connectivity index (χ0n) is 18.7. The quantitative estimate of drug-likeness (QED) is 0.365. The minimum Gasteiger partial charge on any atom is -0.385 e. The Bertz CT molecular complexity index is 1430. The van der Waals surface area contributed by atoms with Gasteiger partial charge in [-0.15, -0.1) is 5.10 Å². The largest absolute Gasteiger partial charge is 0.416 e. The van der Waals surface area contributed by atoms with Gasteiger partial charge in [-0.05, 0) is 42.8 Å². The molecule has 2 N–H and O–H groups in total. The molecule has 4 aromatic rings. The second kappa shape index (κ2) is 10.1. The number of hydrogen-bond donors (Lipinski definition) is 2. The van der Waals surface area contributed by atoms with E-state index in [0.29, 0.717) is 21.3 Å². The van der Waals surface area contributed by atoms with Crippen LogP contribution in [0.4, 0.5) is 13.2 Å². The van der Waals surface area contributed by atoms with Crippen molar-refractivity contribution in [2.75, 3.05) is 0 Å². The van der Waals surface area contributed by atoms with Crippen molar-refractivity contribution >= 4 is 23.2 Å². The molecular formula is C23H20Cl2F3N5O3. The van der Waals surface area contributed by atoms with Crippen molar-refractivity contribution in [3.63, 3.8) is 0 Å². The summed E-state index contributed by atoms with van der Waals surface area (Å²) in [5.74, 6) is 0.314. The molecule has 0 aliphatic carbocycles. The predicted molar refractivity (Wildman–Crippen MR) is 127 cm³/mol. The molecular weight excluding hydrogens is 522 g/mol. The van der Waals surface area contributed by atoms with E-state index < -0.39 is 30.6 Å². The van der Waals surface area contributed by atoms with E-state index in [9.17, 15) is 28.2 Å². The Hall–Kier alpha value is -3.12. The number of benzene rings is 2. The van der Waals surface area contributed by atoms with Crippen molar-refractivity contribution in [3.8, 4) is 16.9 Å². The van der Waals surface area contributed by atoms with Crippen molar-refractivity contribution < 1.29 is 23.4 Å². The maximum atomic E-state index is 13.1. The average molecular weight is 542 g/mol. The number of alkyl halides is 3. The molecule has 1 unspecified atom stereocenters. The molecule has 0 amide bonds. The van der Waals surface area contributed by atoms with Crippen LogP contribution in [0.25, 0.3) is 16.9 Å². The van der Waals surface area contributed by atoms with E-state index >= 15 is 0 Å². The minimum atomic E-state index is -4.91. The summed E-state index contributed by atoms with van der Waals surface area (Å²) in [6, 6.07) is 12.9. The van der Waals surface area contributed by atoms with Crippen LogP contribution < -0.4 is 5.69 Å². The van der Waals surface area contributed by atoms with Crippen molar-refractivity contribution in [1.82, 2.24) is 23.9 Å². The Morgan fingerprint density at radius 1 is 1.06 bits per heavy atom. The number of aromatic nitrogens is 5. The maximum absolute atomic E-state index is 13.1. The topological polar surface area (TPSA) is 98.1 Å². The normalized spacial score (nSPS) is 13.7. The first kappa shape index (κ1) is 26.0. The fourth-order valence-electron chi connectivity index (χ4n) is 3.60. The van der Waals surface area contributed by atoms with Crippen molar-refractivity contribution in [3.05, 3.63) is 86.9 Å². The van der Waals surface area contributed by atoms with Gasteiger partial charge in [0, 0.05) is 16.2 Å². The van der Waals surface area contributed by atoms with Crippen LogP contribution in [0.3, 0.4) is 0 Å². The number of imidazole rings is 1. The van der Waals surface area contributed by atoms with Gasteiger partial charge in [-0.3, -0.25) is 9.13 Å². The molecule has 2 aromatic heterocycles. The van der Waals surface area contributed by atoms with Gasteiger partial charge < -0.3 is 10.2 Å². The second-order valence-corrected chi connectivity index (χ2v) is 8.93. The molecule has 2 atom stereocenters. The molecule has 2 heterocycles. The van der Waals surface area contributed by atoms with Crippen LogP contribution in [-0.4, -0.2) is 46.4 Å². The van der Waals surface area contributed by atoms with Crippen LogP contribution in [0.5, 0.6) is 0 Å². The monoisotopic (exact) mass is 541 g/mol. The van der Waals surface area contributed by atoms with E-state index in [-0.39, 0.29) is 23.9 Å². The summed E-state index contributed by atoms with van der Waals surface area (Å²) in [4.78, 5) is 17.4. The van der Waals surface area contributed by atoms with Gasteiger partial charge in [0.15, 0.2) is 17.8 Å². The summed E-state index contributed by atoms with van der Waals surface area (Å²) in [5, 5.41) is 25.1. The molecule has 13 heteroatoms. The Labute approximate surface area is 212 Å². The van der Waals surface area contributed by atoms with Crippen LogP contribution in [-0.2, 0) is 13.1 Å². The summed E-state index contributed by atoms with van der Waals surface area (Å²) in [6.45, 7) is 0.285. The lowest BCUT2D eigenvalue weighted by molar-refractivity contribution is -0.207. The van der Waals surface area contributed by atoms with E-state index in [4.69, 9.17) is 23.2 Å². The van der Waals surface area contributed by atoms with E-state index in [0.717, 1.165) is 9.13 Å². The lowest BCUT2D eigenvalue weighted by Crippen LogP contribution is -2.37. The van der Waals surface area contributed by atoms with Gasteiger partial charge in [0.1, 0.15) is 6.10 Å². The van der Waals surface area contributed by atoms with Crippen LogP contribution >= 0.6 is 23.2 Å². The number of nitrogens with zero attached hydrogens (tertiary/aromatic N) is 5. The molecule has 0 spiro atoms. The summed E-state index contributed by atoms with van der Waals surface area (Å²) < 4.78 is 42.6. The van der Waals surface area contributed by atoms with Crippen molar-refractivity contribution in [2.45, 2.75) is 38.4 Å². The number of hydrogen-bond acceptors (Lipinski definition) is 5. The van der Waals surface area contributed by atoms with E-state index in [2.05, 4.69) is 10.1 Å². The fourth-order valence-corrected chi connectivity index (χ4v) is 3.91. The third kappa shape index (κ3) is 5.49. The summed E-state index contributed by atoms with van der Waals surface area (Å²) in [6.07, 6.45) is -7.32. The molecule has 4 rings (SSSR count). The standard InChI is InChI=1S/C23H20Cl2F3N5O3/c1-13(34)21-29-20(30-33(21)17-4-2-3-16(25)9-17)12-31-10-18(14-5-7-15(24)8-6-14)32(22(31)36)11-19(35)23(26,27)28/h2-10,13,19,34-35H,11-12H2,1H3/t13-,19?/m0/s1. The zero-order chi connectivity index (χ0) is 26.2. The molecule has 0 fully saturated rings. The van der Waals surface area contributed by atoms with Gasteiger partial charge in [-0.1, -0.05) is 41.4 Å². The molecule has 8 nitrogen and oxygen atoms in total. The highest BCUT2D eigenvalue weighted by Gasteiger charge is 2.39. The predicted octanol–water partition coefficient (Wildman–Crippen LogP) is 4.23. The van der Waals surface area contributed by atoms with Crippen molar-refractivity contribution in [2.24, 2.45) is 0 Å². The van der Waals surface area contributed by atoms with E-state index in [1.54, 1.807) is 36.4 Å². The van der Waals surface area contributed by atoms with Gasteiger partial charge >= 0.3 is 11.9 Å². The molecule has 36 heavy (non-hydrogen) atoms. The van der Waals surface area contributed by atoms with E-state index in [1.165, 1.54) is 29.9 Å². The van der Waals surface area contributed by atoms with Crippen LogP contribution in [0, 0.1) is 0 Å². The Morgan fingerprint density at radius 3 is 2.36 bits per heavy atom. The first-order valence-electron chi connectivity index (χ1n) is 10.6. The summed E-state index contributed by atoms with van der Waals surface area (Å²) in [5.41, 5.74) is 0.287. The number of rotatable bonds is 7. The molecule has 0 bridgehead atoms. The van der Waals surface area contributed by atoms with Crippen molar-refractivity contribution in [1.29, 1.82) is 0 Å². The van der Waals surface area contributed by atoms with Gasteiger partial charge in [-0.2, -0.15) is 13.2 Å². The van der Waals surface area contributed by atoms with Gasteiger partial charge in [0.25, 0.3) is 0 Å². The number of aliphatic hydroxyl groups is 2. The molecule has 0 aliphatic rings. The van der Waals surface area contributed by atoms with Gasteiger partial charge in [-0.25, -0.2) is 14.5 Å². The summed E-state index contributed by atoms with van der Waals surface area (Å²) >= 11 is 12.0. The third-order valence-electron chi connectivity index (χ3n) is 5.33. The Morgan fingerprint density at radius 2 is 1.75 bits per heavy atom. The molecule has 0 saturated heterocycles. The SMILES string of the molecule is C[C@H](O)c1nc(Cn2cc(-c3ccc(Cl)cc3)n(CC(O)C(F)(F)F)c2=O)nn1-c1cccc(Cl)c1. The Kier molecular flexibility index (Phi) is 7.28. The van der Waals surface area contributed by atoms with Gasteiger partial charge in [0.2, 0.25) is 0 Å². The average Bonchev–Trinajstić information content (AvgIpc) is 3.36. The maximum Gasteiger partial charge on any atom is 0.416 e.